The third-order valence-electron chi connectivity index (χ3n) is 5.06. The number of benzene rings is 2. The van der Waals surface area contributed by atoms with E-state index in [4.69, 9.17) is 0 Å². The van der Waals surface area contributed by atoms with Crippen LogP contribution >= 0.6 is 0 Å². The van der Waals surface area contributed by atoms with E-state index in [1.54, 1.807) is 33.4 Å². The molecule has 0 N–H and O–H groups in total. The fraction of sp³-hybridized carbons (Fsp3) is 0.368. The fourth-order valence-electron chi connectivity index (χ4n) is 4.07. The van der Waals surface area contributed by atoms with Gasteiger partial charge in [0.2, 0.25) is 0 Å². The van der Waals surface area contributed by atoms with E-state index in [0.717, 1.165) is 0 Å². The third kappa shape index (κ3) is 1.46. The van der Waals surface area contributed by atoms with Crippen molar-refractivity contribution >= 4 is 0 Å². The fourth-order valence-corrected chi connectivity index (χ4v) is 4.07. The molecule has 0 saturated carbocycles. The molecule has 2 aromatic rings. The minimum atomic E-state index is 1.22. The molecule has 96 valence electrons. The van der Waals surface area contributed by atoms with Gasteiger partial charge in [-0.25, -0.2) is 0 Å². The highest BCUT2D eigenvalue weighted by atomic mass is 14.3. The van der Waals surface area contributed by atoms with Crippen LogP contribution in [0.4, 0.5) is 0 Å². The molecule has 0 spiro atoms. The zero-order valence-corrected chi connectivity index (χ0v) is 12.1. The van der Waals surface area contributed by atoms with Crippen molar-refractivity contribution in [2.24, 2.45) is 0 Å². The summed E-state index contributed by atoms with van der Waals surface area (Å²) in [5, 5.41) is 0. The van der Waals surface area contributed by atoms with E-state index in [2.05, 4.69) is 39.0 Å². The van der Waals surface area contributed by atoms with Crippen LogP contribution in [0.25, 0.3) is 11.1 Å². The molecule has 0 heterocycles. The molecule has 0 aromatic heterocycles. The lowest BCUT2D eigenvalue weighted by Crippen LogP contribution is -2.16. The number of rotatable bonds is 0. The normalized spacial score (nSPS) is 15.3. The molecule has 0 amide bonds. The molecule has 19 heavy (non-hydrogen) atoms. The molecule has 2 aliphatic rings. The van der Waals surface area contributed by atoms with Gasteiger partial charge in [0.1, 0.15) is 0 Å². The monoisotopic (exact) mass is 248 g/mol. The minimum absolute atomic E-state index is 1.22. The van der Waals surface area contributed by atoms with Gasteiger partial charge in [-0.2, -0.15) is 0 Å². The molecular formula is C19H20. The van der Waals surface area contributed by atoms with Gasteiger partial charge >= 0.3 is 0 Å². The Hall–Kier alpha value is -1.56. The maximum Gasteiger partial charge on any atom is -0.0111 e. The van der Waals surface area contributed by atoms with E-state index in [-0.39, 0.29) is 0 Å². The molecule has 0 nitrogen and oxygen atoms in total. The van der Waals surface area contributed by atoms with Gasteiger partial charge < -0.3 is 0 Å². The molecule has 4 rings (SSSR count). The summed E-state index contributed by atoms with van der Waals surface area (Å²) in [6, 6.07) is 7.25. The van der Waals surface area contributed by atoms with Crippen LogP contribution in [0.15, 0.2) is 18.2 Å². The lowest BCUT2D eigenvalue weighted by molar-refractivity contribution is 0.863. The summed E-state index contributed by atoms with van der Waals surface area (Å²) in [7, 11) is 0. The largest absolute Gasteiger partial charge is 0.0555 e. The molecule has 0 atom stereocenters. The quantitative estimate of drug-likeness (QED) is 0.645. The van der Waals surface area contributed by atoms with Crippen molar-refractivity contribution in [1.29, 1.82) is 0 Å². The predicted octanol–water partition coefficient (Wildman–Crippen LogP) is 4.48. The summed E-state index contributed by atoms with van der Waals surface area (Å²) < 4.78 is 0. The van der Waals surface area contributed by atoms with Crippen molar-refractivity contribution < 1.29 is 0 Å². The smallest absolute Gasteiger partial charge is 0.0111 e. The Morgan fingerprint density at radius 2 is 1.26 bits per heavy atom. The van der Waals surface area contributed by atoms with E-state index in [1.807, 2.05) is 0 Å². The van der Waals surface area contributed by atoms with Crippen molar-refractivity contribution in [2.45, 2.75) is 46.5 Å². The van der Waals surface area contributed by atoms with Crippen LogP contribution < -0.4 is 0 Å². The summed E-state index contributed by atoms with van der Waals surface area (Å²) in [6.07, 6.45) is 4.89. The first-order valence-electron chi connectivity index (χ1n) is 7.40. The maximum absolute atomic E-state index is 2.44. The van der Waals surface area contributed by atoms with Crippen LogP contribution in [0.1, 0.15) is 38.9 Å². The van der Waals surface area contributed by atoms with E-state index in [1.165, 1.54) is 42.4 Å². The van der Waals surface area contributed by atoms with Gasteiger partial charge in [-0.15, -0.1) is 0 Å². The first kappa shape index (κ1) is 11.3. The van der Waals surface area contributed by atoms with E-state index >= 15 is 0 Å². The molecule has 0 unspecified atom stereocenters. The first-order chi connectivity index (χ1) is 9.15. The SMILES string of the molecule is Cc1cc2c3c(c1)CCc1c(C)c(C)cc(c1-3)CC2. The average molecular weight is 248 g/mol. The Morgan fingerprint density at radius 3 is 1.95 bits per heavy atom. The molecule has 0 saturated heterocycles. The van der Waals surface area contributed by atoms with Gasteiger partial charge in [0.25, 0.3) is 0 Å². The molecule has 0 aliphatic heterocycles. The van der Waals surface area contributed by atoms with E-state index in [0.29, 0.717) is 0 Å². The van der Waals surface area contributed by atoms with Crippen LogP contribution in [-0.4, -0.2) is 0 Å². The molecule has 2 aromatic carbocycles. The molecule has 2 aliphatic carbocycles. The van der Waals surface area contributed by atoms with Crippen molar-refractivity contribution in [3.8, 4) is 11.1 Å². The highest BCUT2D eigenvalue weighted by Crippen LogP contribution is 2.44. The van der Waals surface area contributed by atoms with Crippen LogP contribution in [0.3, 0.4) is 0 Å². The van der Waals surface area contributed by atoms with Crippen molar-refractivity contribution in [1.82, 2.24) is 0 Å². The highest BCUT2D eigenvalue weighted by molar-refractivity contribution is 5.82. The summed E-state index contributed by atoms with van der Waals surface area (Å²) in [6.45, 7) is 6.81. The van der Waals surface area contributed by atoms with Crippen LogP contribution in [0.5, 0.6) is 0 Å². The minimum Gasteiger partial charge on any atom is -0.0555 e. The summed E-state index contributed by atoms with van der Waals surface area (Å²) >= 11 is 0. The Balaban J connectivity index is 2.13. The van der Waals surface area contributed by atoms with Gasteiger partial charge in [0.15, 0.2) is 0 Å². The molecule has 0 bridgehead atoms. The zero-order chi connectivity index (χ0) is 13.1. The Labute approximate surface area is 115 Å². The van der Waals surface area contributed by atoms with Crippen molar-refractivity contribution in [3.05, 3.63) is 57.1 Å². The Kier molecular flexibility index (Phi) is 2.21. The van der Waals surface area contributed by atoms with Crippen LogP contribution in [0.2, 0.25) is 0 Å². The van der Waals surface area contributed by atoms with Crippen molar-refractivity contribution in [3.63, 3.8) is 0 Å². The second-order valence-electron chi connectivity index (χ2n) is 6.29. The summed E-state index contributed by atoms with van der Waals surface area (Å²) in [4.78, 5) is 0. The summed E-state index contributed by atoms with van der Waals surface area (Å²) in [5.74, 6) is 0. The second-order valence-corrected chi connectivity index (χ2v) is 6.29. The third-order valence-corrected chi connectivity index (χ3v) is 5.06. The second kappa shape index (κ2) is 3.72. The average Bonchev–Trinajstić information content (AvgIpc) is 2.39. The Bertz CT molecular complexity index is 687. The summed E-state index contributed by atoms with van der Waals surface area (Å²) in [5.41, 5.74) is 14.0. The highest BCUT2D eigenvalue weighted by Gasteiger charge is 2.27. The maximum atomic E-state index is 2.44. The van der Waals surface area contributed by atoms with Gasteiger partial charge in [-0.05, 0) is 91.0 Å². The Morgan fingerprint density at radius 1 is 0.684 bits per heavy atom. The lowest BCUT2D eigenvalue weighted by atomic mass is 9.73. The van der Waals surface area contributed by atoms with Gasteiger partial charge in [-0.1, -0.05) is 23.8 Å². The van der Waals surface area contributed by atoms with Gasteiger partial charge in [0, 0.05) is 0 Å². The molecule has 0 fully saturated rings. The number of aryl methyl sites for hydroxylation is 5. The van der Waals surface area contributed by atoms with Crippen molar-refractivity contribution in [2.75, 3.05) is 0 Å². The molecule has 0 radical (unpaired) electrons. The number of hydrogen-bond donors (Lipinski definition) is 0. The van der Waals surface area contributed by atoms with Crippen LogP contribution in [-0.2, 0) is 25.7 Å². The molecule has 0 heteroatoms. The van der Waals surface area contributed by atoms with Crippen LogP contribution in [0, 0.1) is 20.8 Å². The van der Waals surface area contributed by atoms with Gasteiger partial charge in [0.05, 0.1) is 0 Å². The lowest BCUT2D eigenvalue weighted by Gasteiger charge is -2.31. The van der Waals surface area contributed by atoms with Gasteiger partial charge in [-0.3, -0.25) is 0 Å². The van der Waals surface area contributed by atoms with E-state index < -0.39 is 0 Å². The van der Waals surface area contributed by atoms with E-state index in [9.17, 15) is 0 Å². The molecular weight excluding hydrogens is 228 g/mol. The topological polar surface area (TPSA) is 0 Å². The first-order valence-corrected chi connectivity index (χ1v) is 7.40. The predicted molar refractivity (Wildman–Crippen MR) is 80.9 cm³/mol. The standard InChI is InChI=1S/C19H20/c1-11-8-14-4-5-16-10-12(2)13(3)17-7-6-15(9-11)18(14)19(16)17/h8-10H,4-7H2,1-3H3. The number of hydrogen-bond acceptors (Lipinski definition) is 0. The zero-order valence-electron chi connectivity index (χ0n) is 12.1.